The van der Waals surface area contributed by atoms with E-state index >= 15 is 0 Å². The van der Waals surface area contributed by atoms with Gasteiger partial charge in [-0.3, -0.25) is 9.59 Å². The van der Waals surface area contributed by atoms with Gasteiger partial charge in [-0.05, 0) is 0 Å². The van der Waals surface area contributed by atoms with Gasteiger partial charge in [-0.15, -0.1) is 0 Å². The first-order valence-electron chi connectivity index (χ1n) is 14.0. The lowest BCUT2D eigenvalue weighted by Gasteiger charge is -2.50. The molecule has 0 aliphatic carbocycles. The summed E-state index contributed by atoms with van der Waals surface area (Å²) >= 11 is 0. The zero-order valence-electron chi connectivity index (χ0n) is 24.7. The Kier molecular flexibility index (Phi) is 14.7. The summed E-state index contributed by atoms with van der Waals surface area (Å²) in [5, 5.41) is 118. The van der Waals surface area contributed by atoms with Gasteiger partial charge < -0.3 is 90.5 Å². The Morgan fingerprint density at radius 1 is 0.978 bits per heavy atom. The molecule has 0 aromatic heterocycles. The second kappa shape index (κ2) is 17.1. The van der Waals surface area contributed by atoms with E-state index in [4.69, 9.17) is 18.9 Å². The third kappa shape index (κ3) is 9.11. The number of aliphatic carboxylic acids is 1. The van der Waals surface area contributed by atoms with Crippen LogP contribution in [0.3, 0.4) is 0 Å². The number of aliphatic hydroxyl groups is 10. The molecular formula is C25H42N2O19. The van der Waals surface area contributed by atoms with E-state index in [1.54, 1.807) is 0 Å². The molecule has 0 aromatic rings. The van der Waals surface area contributed by atoms with E-state index in [0.29, 0.717) is 0 Å². The zero-order valence-corrected chi connectivity index (χ0v) is 24.7. The molecule has 0 radical (unpaired) electrons. The number of carboxylic acid groups (broad SMARTS) is 1. The lowest BCUT2D eigenvalue weighted by molar-refractivity contribution is -0.376. The van der Waals surface area contributed by atoms with Gasteiger partial charge in [-0.2, -0.15) is 0 Å². The summed E-state index contributed by atoms with van der Waals surface area (Å²) in [4.78, 5) is 47.3. The smallest absolute Gasteiger partial charge is 0.364 e. The van der Waals surface area contributed by atoms with Crippen LogP contribution in [-0.4, -0.2) is 191 Å². The molecule has 266 valence electrons. The van der Waals surface area contributed by atoms with E-state index in [0.717, 1.165) is 13.8 Å². The van der Waals surface area contributed by atoms with Crippen LogP contribution in [0.2, 0.25) is 0 Å². The molecule has 2 heterocycles. The van der Waals surface area contributed by atoms with E-state index in [1.165, 1.54) is 0 Å². The number of aldehydes is 1. The van der Waals surface area contributed by atoms with Gasteiger partial charge in [0, 0.05) is 20.3 Å². The number of carboxylic acids is 1. The number of nitrogens with one attached hydrogen (secondary N) is 2. The Bertz CT molecular complexity index is 1040. The number of aliphatic hydroxyl groups excluding tert-OH is 10. The molecule has 0 spiro atoms. The lowest BCUT2D eigenvalue weighted by Crippen LogP contribution is -2.70. The highest BCUT2D eigenvalue weighted by atomic mass is 16.8. The fourth-order valence-electron chi connectivity index (χ4n) is 5.07. The zero-order chi connectivity index (χ0) is 35.1. The summed E-state index contributed by atoms with van der Waals surface area (Å²) in [6, 6.07) is -3.30. The van der Waals surface area contributed by atoms with Crippen LogP contribution in [0.25, 0.3) is 0 Å². The highest BCUT2D eigenvalue weighted by molar-refractivity contribution is 5.77. The van der Waals surface area contributed by atoms with E-state index < -0.39 is 135 Å². The standard InChI is InChI=1S/C25H42N2O19/c1-8(32)26-10(4-28)16(37)20(13(36)6-30)44-23-19(40)22(18(39)14(7-31)43-23)46-25(24(41)42)3-11(34)15(27-9(2)33)21(45-25)17(38)12(35)5-29/h4,10-23,29-31,34-40H,3,5-7H2,1-2H3,(H,26,32)(H,27,33)(H,41,42). The third-order valence-electron chi connectivity index (χ3n) is 7.41. The molecule has 2 aliphatic heterocycles. The summed E-state index contributed by atoms with van der Waals surface area (Å²) in [6.07, 6.45) is -25.6. The van der Waals surface area contributed by atoms with Crippen LogP contribution in [-0.2, 0) is 38.1 Å². The molecule has 15 atom stereocenters. The van der Waals surface area contributed by atoms with E-state index in [9.17, 15) is 75.3 Å². The number of carbonyl (C=O) groups excluding carboxylic acids is 3. The summed E-state index contributed by atoms with van der Waals surface area (Å²) in [6.45, 7) is -1.19. The Morgan fingerprint density at radius 2 is 1.59 bits per heavy atom. The maximum Gasteiger partial charge on any atom is 0.364 e. The second-order valence-electron chi connectivity index (χ2n) is 10.9. The van der Waals surface area contributed by atoms with Crippen LogP contribution in [0.1, 0.15) is 20.3 Å². The summed E-state index contributed by atoms with van der Waals surface area (Å²) in [7, 11) is 0. The maximum atomic E-state index is 12.6. The minimum atomic E-state index is -3.08. The number of hydrogen-bond acceptors (Lipinski definition) is 18. The van der Waals surface area contributed by atoms with Gasteiger partial charge in [0.1, 0.15) is 73.4 Å². The average Bonchev–Trinajstić information content (AvgIpc) is 3.00. The molecule has 21 heteroatoms. The van der Waals surface area contributed by atoms with Crippen molar-refractivity contribution in [2.75, 3.05) is 19.8 Å². The second-order valence-corrected chi connectivity index (χ2v) is 10.9. The fraction of sp³-hybridized carbons (Fsp3) is 0.840. The van der Waals surface area contributed by atoms with Crippen molar-refractivity contribution in [1.82, 2.24) is 10.6 Å². The highest BCUT2D eigenvalue weighted by Crippen LogP contribution is 2.37. The van der Waals surface area contributed by atoms with Crippen LogP contribution in [0.4, 0.5) is 0 Å². The van der Waals surface area contributed by atoms with Gasteiger partial charge in [0.15, 0.2) is 6.29 Å². The maximum absolute atomic E-state index is 12.6. The van der Waals surface area contributed by atoms with Crippen molar-refractivity contribution in [3.05, 3.63) is 0 Å². The third-order valence-corrected chi connectivity index (χ3v) is 7.41. The van der Waals surface area contributed by atoms with Crippen molar-refractivity contribution in [3.8, 4) is 0 Å². The Hall–Kier alpha value is -2.48. The van der Waals surface area contributed by atoms with Crippen LogP contribution in [0, 0.1) is 0 Å². The Labute approximate surface area is 260 Å². The van der Waals surface area contributed by atoms with E-state index in [1.807, 2.05) is 0 Å². The molecule has 2 rings (SSSR count). The minimum absolute atomic E-state index is 0.0754. The quantitative estimate of drug-likeness (QED) is 0.0676. The van der Waals surface area contributed by atoms with Crippen LogP contribution in [0.5, 0.6) is 0 Å². The molecule has 0 saturated carbocycles. The normalized spacial score (nSPS) is 35.6. The van der Waals surface area contributed by atoms with Gasteiger partial charge in [-0.25, -0.2) is 4.79 Å². The molecule has 0 aromatic carbocycles. The average molecular weight is 675 g/mol. The molecule has 2 aliphatic rings. The topological polar surface area (TPSA) is 352 Å². The van der Waals surface area contributed by atoms with Crippen molar-refractivity contribution in [2.45, 2.75) is 112 Å². The highest BCUT2D eigenvalue weighted by Gasteiger charge is 2.59. The minimum Gasteiger partial charge on any atom is -0.477 e. The first kappa shape index (κ1) is 39.7. The first-order valence-corrected chi connectivity index (χ1v) is 14.0. The fourth-order valence-corrected chi connectivity index (χ4v) is 5.07. The number of rotatable bonds is 16. The van der Waals surface area contributed by atoms with Gasteiger partial charge >= 0.3 is 5.97 Å². The van der Waals surface area contributed by atoms with Gasteiger partial charge in [-0.1, -0.05) is 0 Å². The van der Waals surface area contributed by atoms with E-state index in [2.05, 4.69) is 10.6 Å². The Morgan fingerprint density at radius 3 is 2.07 bits per heavy atom. The van der Waals surface area contributed by atoms with Crippen molar-refractivity contribution < 1.29 is 94.3 Å². The Balaban J connectivity index is 2.51. The number of amides is 2. The predicted molar refractivity (Wildman–Crippen MR) is 143 cm³/mol. The number of hydrogen-bond donors (Lipinski definition) is 13. The van der Waals surface area contributed by atoms with Crippen LogP contribution in [0.15, 0.2) is 0 Å². The van der Waals surface area contributed by atoms with Gasteiger partial charge in [0.25, 0.3) is 5.79 Å². The molecule has 2 saturated heterocycles. The molecule has 2 fully saturated rings. The molecule has 0 bridgehead atoms. The first-order chi connectivity index (χ1) is 21.5. The molecule has 15 unspecified atom stereocenters. The number of carbonyl (C=O) groups is 4. The van der Waals surface area contributed by atoms with Crippen molar-refractivity contribution in [1.29, 1.82) is 0 Å². The van der Waals surface area contributed by atoms with Crippen molar-refractivity contribution >= 4 is 24.1 Å². The molecule has 2 amide bonds. The molecule has 21 nitrogen and oxygen atoms in total. The summed E-state index contributed by atoms with van der Waals surface area (Å²) in [5.41, 5.74) is 0. The lowest BCUT2D eigenvalue weighted by atomic mass is 9.88. The van der Waals surface area contributed by atoms with Crippen molar-refractivity contribution in [2.24, 2.45) is 0 Å². The van der Waals surface area contributed by atoms with Crippen LogP contribution < -0.4 is 10.6 Å². The van der Waals surface area contributed by atoms with Crippen LogP contribution >= 0.6 is 0 Å². The molecule has 13 N–H and O–H groups in total. The van der Waals surface area contributed by atoms with E-state index in [-0.39, 0.29) is 6.29 Å². The summed E-state index contributed by atoms with van der Waals surface area (Å²) in [5.74, 6) is -6.66. The monoisotopic (exact) mass is 674 g/mol. The number of ether oxygens (including phenoxy) is 4. The van der Waals surface area contributed by atoms with Gasteiger partial charge in [0.2, 0.25) is 11.8 Å². The van der Waals surface area contributed by atoms with Crippen molar-refractivity contribution in [3.63, 3.8) is 0 Å². The molecular weight excluding hydrogens is 632 g/mol. The van der Waals surface area contributed by atoms with Gasteiger partial charge in [0.05, 0.1) is 32.0 Å². The largest absolute Gasteiger partial charge is 0.477 e. The predicted octanol–water partition coefficient (Wildman–Crippen LogP) is -8.24. The molecule has 46 heavy (non-hydrogen) atoms. The summed E-state index contributed by atoms with van der Waals surface area (Å²) < 4.78 is 21.8. The SMILES string of the molecule is CC(=O)NC(C=O)C(O)C(OC1OC(CO)C(O)C(OC2(C(=O)O)CC(O)C(NC(C)=O)C(C(O)C(O)CO)O2)C1O)C(O)CO.